The van der Waals surface area contributed by atoms with Crippen LogP contribution in [0.4, 0.5) is 18.3 Å². The molecule has 2 unspecified atom stereocenters. The first-order valence-electron chi connectivity index (χ1n) is 9.01. The predicted molar refractivity (Wildman–Crippen MR) is 104 cm³/mol. The van der Waals surface area contributed by atoms with Crippen LogP contribution in [0.1, 0.15) is 17.5 Å². The second-order valence-electron chi connectivity index (χ2n) is 7.02. The van der Waals surface area contributed by atoms with Crippen LogP contribution in [0.15, 0.2) is 59.3 Å². The summed E-state index contributed by atoms with van der Waals surface area (Å²) in [6.07, 6.45) is -1.13. The normalized spacial score (nSPS) is 23.5. The molecule has 0 fully saturated rings. The molecule has 2 aliphatic rings. The fourth-order valence-corrected chi connectivity index (χ4v) is 4.82. The highest BCUT2D eigenvalue weighted by atomic mass is 32.1. The zero-order valence-electron chi connectivity index (χ0n) is 15.0. The number of alkyl halides is 3. The maximum atomic E-state index is 14.2. The highest BCUT2D eigenvalue weighted by Crippen LogP contribution is 2.50. The van der Waals surface area contributed by atoms with Crippen molar-refractivity contribution in [3.05, 3.63) is 65.3 Å². The molecule has 1 aliphatic carbocycles. The van der Waals surface area contributed by atoms with E-state index >= 15 is 0 Å². The molecule has 3 aromatic rings. The van der Waals surface area contributed by atoms with Crippen molar-refractivity contribution >= 4 is 22.2 Å². The lowest BCUT2D eigenvalue weighted by molar-refractivity contribution is -0.268. The number of hydrogen-bond acceptors (Lipinski definition) is 6. The predicted octanol–water partition coefficient (Wildman–Crippen LogP) is 4.24. The molecular weight excluding hydrogens is 401 g/mol. The quantitative estimate of drug-likeness (QED) is 0.679. The second-order valence-corrected chi connectivity index (χ2v) is 7.86. The van der Waals surface area contributed by atoms with E-state index in [-0.39, 0.29) is 17.3 Å². The van der Waals surface area contributed by atoms with Gasteiger partial charge in [-0.3, -0.25) is 4.98 Å². The van der Waals surface area contributed by atoms with E-state index < -0.39 is 17.8 Å². The van der Waals surface area contributed by atoms with Gasteiger partial charge in [-0.05, 0) is 30.5 Å². The number of nitrogens with zero attached hydrogens (tertiary/aromatic N) is 4. The van der Waals surface area contributed by atoms with Gasteiger partial charge in [0.2, 0.25) is 5.13 Å². The Hall–Kier alpha value is -2.78. The molecule has 0 saturated carbocycles. The smallest absolute Gasteiger partial charge is 0.362 e. The molecule has 5 nitrogen and oxygen atoms in total. The van der Waals surface area contributed by atoms with Gasteiger partial charge in [-0.25, -0.2) is 4.98 Å². The summed E-state index contributed by atoms with van der Waals surface area (Å²) in [7, 11) is 0. The highest BCUT2D eigenvalue weighted by molar-refractivity contribution is 7.14. The highest BCUT2D eigenvalue weighted by Gasteiger charge is 2.68. The Bertz CT molecular complexity index is 1100. The molecule has 9 heteroatoms. The number of hydrogen-bond donors (Lipinski definition) is 1. The van der Waals surface area contributed by atoms with Crippen LogP contribution >= 0.6 is 11.3 Å². The summed E-state index contributed by atoms with van der Waals surface area (Å²) in [6, 6.07) is 10.7. The molecule has 3 heterocycles. The van der Waals surface area contributed by atoms with Crippen molar-refractivity contribution in [1.29, 1.82) is 0 Å². The lowest BCUT2D eigenvalue weighted by Crippen LogP contribution is -2.60. The number of anilines is 1. The monoisotopic (exact) mass is 416 g/mol. The number of aliphatic hydroxyl groups is 1. The Morgan fingerprint density at radius 1 is 1.14 bits per heavy atom. The van der Waals surface area contributed by atoms with Gasteiger partial charge in [0.25, 0.3) is 5.72 Å². The third kappa shape index (κ3) is 2.68. The van der Waals surface area contributed by atoms with Gasteiger partial charge < -0.3 is 5.11 Å². The lowest BCUT2D eigenvalue weighted by Gasteiger charge is -2.38. The molecule has 0 radical (unpaired) electrons. The van der Waals surface area contributed by atoms with Gasteiger partial charge >= 0.3 is 6.18 Å². The van der Waals surface area contributed by atoms with Crippen molar-refractivity contribution in [3.8, 4) is 11.3 Å². The van der Waals surface area contributed by atoms with Crippen molar-refractivity contribution in [3.63, 3.8) is 0 Å². The van der Waals surface area contributed by atoms with Crippen LogP contribution in [-0.2, 0) is 6.42 Å². The molecule has 1 aromatic carbocycles. The summed E-state index contributed by atoms with van der Waals surface area (Å²) in [5.41, 5.74) is -0.0545. The summed E-state index contributed by atoms with van der Waals surface area (Å²) in [6.45, 7) is 0. The van der Waals surface area contributed by atoms with Crippen LogP contribution in [0.2, 0.25) is 0 Å². The summed E-state index contributed by atoms with van der Waals surface area (Å²) >= 11 is 1.01. The summed E-state index contributed by atoms with van der Waals surface area (Å²) in [5.74, 6) is -1.18. The minimum Gasteiger partial charge on any atom is -0.362 e. The van der Waals surface area contributed by atoms with Crippen molar-refractivity contribution in [2.75, 3.05) is 5.01 Å². The molecule has 0 spiro atoms. The van der Waals surface area contributed by atoms with Crippen molar-refractivity contribution < 1.29 is 18.3 Å². The van der Waals surface area contributed by atoms with Crippen LogP contribution in [0.3, 0.4) is 0 Å². The van der Waals surface area contributed by atoms with Crippen LogP contribution < -0.4 is 5.01 Å². The second kappa shape index (κ2) is 6.36. The minimum absolute atomic E-state index is 0.00369. The first kappa shape index (κ1) is 18.3. The molecule has 0 saturated heterocycles. The number of aryl methyl sites for hydroxylation is 1. The summed E-state index contributed by atoms with van der Waals surface area (Å²) < 4.78 is 42.5. The molecule has 29 heavy (non-hydrogen) atoms. The molecule has 5 rings (SSSR count). The van der Waals surface area contributed by atoms with Gasteiger partial charge in [-0.15, -0.1) is 11.3 Å². The van der Waals surface area contributed by atoms with E-state index in [4.69, 9.17) is 0 Å². The average Bonchev–Trinajstić information content (AvgIpc) is 3.32. The summed E-state index contributed by atoms with van der Waals surface area (Å²) in [5, 5.41) is 17.6. The SMILES string of the molecule is OC1(C(F)(F)F)C2CCc3ccccc3C2=NN1c1nc(-c2ccncc2)cs1. The topological polar surface area (TPSA) is 61.6 Å². The van der Waals surface area contributed by atoms with Crippen LogP contribution in [-0.4, -0.2) is 32.7 Å². The fourth-order valence-electron chi connectivity index (χ4n) is 3.98. The number of fused-ring (bicyclic) bond motifs is 3. The van der Waals surface area contributed by atoms with E-state index in [0.717, 1.165) is 22.5 Å². The van der Waals surface area contributed by atoms with E-state index in [1.54, 1.807) is 42.0 Å². The van der Waals surface area contributed by atoms with Gasteiger partial charge in [0.15, 0.2) is 0 Å². The van der Waals surface area contributed by atoms with Crippen LogP contribution in [0, 0.1) is 5.92 Å². The van der Waals surface area contributed by atoms with Crippen molar-refractivity contribution in [1.82, 2.24) is 9.97 Å². The molecular formula is C20H15F3N4OS. The molecule has 148 valence electrons. The third-order valence-corrected chi connectivity index (χ3v) is 6.22. The molecule has 2 aromatic heterocycles. The molecule has 0 amide bonds. The minimum atomic E-state index is -4.91. The number of rotatable bonds is 2. The van der Waals surface area contributed by atoms with E-state index in [2.05, 4.69) is 15.1 Å². The van der Waals surface area contributed by atoms with E-state index in [0.29, 0.717) is 22.7 Å². The first-order valence-corrected chi connectivity index (χ1v) is 9.89. The van der Waals surface area contributed by atoms with E-state index in [9.17, 15) is 18.3 Å². The van der Waals surface area contributed by atoms with Crippen molar-refractivity contribution in [2.24, 2.45) is 11.0 Å². The van der Waals surface area contributed by atoms with Gasteiger partial charge in [0, 0.05) is 28.9 Å². The average molecular weight is 416 g/mol. The standard InChI is InChI=1S/C20H15F3N4OS/c21-20(22,23)19(28)15-6-5-12-3-1-2-4-14(12)17(15)26-27(19)18-25-16(11-29-18)13-7-9-24-10-8-13/h1-4,7-11,15,28H,5-6H2. The largest absolute Gasteiger partial charge is 0.439 e. The lowest BCUT2D eigenvalue weighted by atomic mass is 9.77. The number of benzene rings is 1. The number of hydrazone groups is 1. The zero-order chi connectivity index (χ0) is 20.2. The number of halogens is 3. The molecule has 0 bridgehead atoms. The maximum Gasteiger partial charge on any atom is 0.439 e. The Labute approximate surface area is 168 Å². The van der Waals surface area contributed by atoms with Gasteiger partial charge in [0.1, 0.15) is 0 Å². The van der Waals surface area contributed by atoms with Crippen LogP contribution in [0.5, 0.6) is 0 Å². The Morgan fingerprint density at radius 2 is 1.90 bits per heavy atom. The molecule has 1 N–H and O–H groups in total. The number of aromatic nitrogens is 2. The van der Waals surface area contributed by atoms with Gasteiger partial charge in [-0.1, -0.05) is 24.3 Å². The molecule has 1 aliphatic heterocycles. The Kier molecular flexibility index (Phi) is 4.01. The molecule has 2 atom stereocenters. The van der Waals surface area contributed by atoms with E-state index in [1.165, 1.54) is 0 Å². The summed E-state index contributed by atoms with van der Waals surface area (Å²) in [4.78, 5) is 8.27. The number of thiazole rings is 1. The number of pyridine rings is 1. The van der Waals surface area contributed by atoms with E-state index in [1.807, 2.05) is 12.1 Å². The van der Waals surface area contributed by atoms with Crippen LogP contribution in [0.25, 0.3) is 11.3 Å². The van der Waals surface area contributed by atoms with Crippen molar-refractivity contribution in [2.45, 2.75) is 24.7 Å². The Balaban J connectivity index is 1.63. The third-order valence-electron chi connectivity index (χ3n) is 5.41. The maximum absolute atomic E-state index is 14.2. The fraction of sp³-hybridized carbons (Fsp3) is 0.250. The van der Waals surface area contributed by atoms with Gasteiger partial charge in [-0.2, -0.15) is 23.3 Å². The zero-order valence-corrected chi connectivity index (χ0v) is 15.8. The Morgan fingerprint density at radius 3 is 2.66 bits per heavy atom. The van der Waals surface area contributed by atoms with Gasteiger partial charge in [0.05, 0.1) is 17.3 Å². The first-order chi connectivity index (χ1) is 13.9.